The minimum absolute atomic E-state index is 0.0223. The van der Waals surface area contributed by atoms with Crippen LogP contribution in [0.4, 0.5) is 0 Å². The van der Waals surface area contributed by atoms with Crippen LogP contribution in [-0.4, -0.2) is 28.7 Å². The van der Waals surface area contributed by atoms with E-state index < -0.39 is 0 Å². The van der Waals surface area contributed by atoms with Gasteiger partial charge in [-0.15, -0.1) is 0 Å². The van der Waals surface area contributed by atoms with Gasteiger partial charge in [0.1, 0.15) is 0 Å². The molecule has 1 aliphatic heterocycles. The number of fused-ring (bicyclic) bond motifs is 5. The summed E-state index contributed by atoms with van der Waals surface area (Å²) in [6, 6.07) is 8.01. The van der Waals surface area contributed by atoms with Crippen LogP contribution in [0.2, 0.25) is 0 Å². The Morgan fingerprint density at radius 3 is 2.84 bits per heavy atom. The number of para-hydroxylation sites is 1. The van der Waals surface area contributed by atoms with Crippen molar-refractivity contribution in [2.24, 2.45) is 5.92 Å². The summed E-state index contributed by atoms with van der Waals surface area (Å²) in [5.74, 6) is -0.520. The quantitative estimate of drug-likeness (QED) is 0.729. The van der Waals surface area contributed by atoms with Crippen molar-refractivity contribution in [1.29, 1.82) is 0 Å². The minimum atomic E-state index is -0.280. The Kier molecular flexibility index (Phi) is 1.97. The van der Waals surface area contributed by atoms with Gasteiger partial charge >= 0.3 is 0 Å². The third kappa shape index (κ3) is 1.23. The van der Waals surface area contributed by atoms with Gasteiger partial charge in [0.25, 0.3) is 0 Å². The molecule has 0 bridgehead atoms. The number of amides is 2. The van der Waals surface area contributed by atoms with Gasteiger partial charge in [-0.25, -0.2) is 0 Å². The fourth-order valence-electron chi connectivity index (χ4n) is 3.57. The standard InChI is InChI=1S/C15H14N2O2/c1-17-14(18)9-6-7-11-12(13(9)15(17)19)8-4-2-3-5-10(8)16-11/h2-5,9,13,16H,6-7H2,1H3/t9-,13-/m0/s1. The van der Waals surface area contributed by atoms with Gasteiger partial charge in [-0.1, -0.05) is 18.2 Å². The molecule has 2 atom stereocenters. The van der Waals surface area contributed by atoms with E-state index >= 15 is 0 Å². The van der Waals surface area contributed by atoms with Crippen LogP contribution in [0.1, 0.15) is 23.6 Å². The molecule has 19 heavy (non-hydrogen) atoms. The number of aromatic amines is 1. The van der Waals surface area contributed by atoms with E-state index in [4.69, 9.17) is 0 Å². The zero-order valence-corrected chi connectivity index (χ0v) is 10.6. The van der Waals surface area contributed by atoms with Crippen LogP contribution in [0, 0.1) is 5.92 Å². The van der Waals surface area contributed by atoms with Gasteiger partial charge in [-0.05, 0) is 24.5 Å². The first kappa shape index (κ1) is 10.8. The van der Waals surface area contributed by atoms with Crippen molar-refractivity contribution in [3.8, 4) is 0 Å². The summed E-state index contributed by atoms with van der Waals surface area (Å²) in [5.41, 5.74) is 3.23. The van der Waals surface area contributed by atoms with Crippen molar-refractivity contribution >= 4 is 22.7 Å². The van der Waals surface area contributed by atoms with E-state index in [1.54, 1.807) is 7.05 Å². The molecule has 0 spiro atoms. The number of nitrogens with zero attached hydrogens (tertiary/aromatic N) is 1. The fourth-order valence-corrected chi connectivity index (χ4v) is 3.57. The lowest BCUT2D eigenvalue weighted by molar-refractivity contribution is -0.137. The van der Waals surface area contributed by atoms with Crippen LogP contribution in [-0.2, 0) is 16.0 Å². The topological polar surface area (TPSA) is 53.2 Å². The highest BCUT2D eigenvalue weighted by atomic mass is 16.2. The van der Waals surface area contributed by atoms with Crippen LogP contribution in [0.15, 0.2) is 24.3 Å². The summed E-state index contributed by atoms with van der Waals surface area (Å²) in [7, 11) is 1.59. The number of hydrogen-bond acceptors (Lipinski definition) is 2. The molecule has 0 unspecified atom stereocenters. The maximum absolute atomic E-state index is 12.3. The van der Waals surface area contributed by atoms with Gasteiger partial charge in [-0.3, -0.25) is 14.5 Å². The Labute approximate surface area is 110 Å². The van der Waals surface area contributed by atoms with Crippen LogP contribution < -0.4 is 0 Å². The first-order valence-electron chi connectivity index (χ1n) is 6.59. The average molecular weight is 254 g/mol. The largest absolute Gasteiger partial charge is 0.358 e. The third-order valence-electron chi connectivity index (χ3n) is 4.49. The zero-order chi connectivity index (χ0) is 13.1. The second kappa shape index (κ2) is 3.47. The lowest BCUT2D eigenvalue weighted by Gasteiger charge is -2.21. The number of H-pyrrole nitrogens is 1. The summed E-state index contributed by atoms with van der Waals surface area (Å²) >= 11 is 0. The molecule has 2 heterocycles. The lowest BCUT2D eigenvalue weighted by atomic mass is 9.78. The highest BCUT2D eigenvalue weighted by Crippen LogP contribution is 2.45. The van der Waals surface area contributed by atoms with Crippen LogP contribution in [0.3, 0.4) is 0 Å². The Hall–Kier alpha value is -2.10. The molecule has 2 aliphatic rings. The van der Waals surface area contributed by atoms with E-state index in [-0.39, 0.29) is 23.7 Å². The number of aryl methyl sites for hydroxylation is 1. The number of hydrogen-bond donors (Lipinski definition) is 1. The predicted octanol–water partition coefficient (Wildman–Crippen LogP) is 1.81. The zero-order valence-electron chi connectivity index (χ0n) is 10.6. The van der Waals surface area contributed by atoms with Crippen molar-refractivity contribution in [1.82, 2.24) is 9.88 Å². The van der Waals surface area contributed by atoms with Crippen molar-refractivity contribution in [2.45, 2.75) is 18.8 Å². The molecule has 1 aliphatic carbocycles. The first-order valence-corrected chi connectivity index (χ1v) is 6.59. The smallest absolute Gasteiger partial charge is 0.237 e. The maximum Gasteiger partial charge on any atom is 0.237 e. The van der Waals surface area contributed by atoms with Gasteiger partial charge in [0.2, 0.25) is 11.8 Å². The number of nitrogens with one attached hydrogen (secondary N) is 1. The Bertz CT molecular complexity index is 716. The van der Waals surface area contributed by atoms with E-state index in [1.165, 1.54) is 4.90 Å². The number of likely N-dealkylation sites (N-methyl/N-ethyl adjacent to an activating group) is 1. The number of likely N-dealkylation sites (tertiary alicyclic amines) is 1. The molecule has 1 fully saturated rings. The number of rotatable bonds is 0. The van der Waals surface area contributed by atoms with Crippen molar-refractivity contribution in [2.75, 3.05) is 7.05 Å². The van der Waals surface area contributed by atoms with E-state index in [9.17, 15) is 9.59 Å². The second-order valence-corrected chi connectivity index (χ2v) is 5.42. The molecule has 96 valence electrons. The monoisotopic (exact) mass is 254 g/mol. The Morgan fingerprint density at radius 1 is 1.21 bits per heavy atom. The number of aromatic nitrogens is 1. The van der Waals surface area contributed by atoms with Gasteiger partial charge < -0.3 is 4.98 Å². The number of carbonyl (C=O) groups excluding carboxylic acids is 2. The van der Waals surface area contributed by atoms with Gasteiger partial charge in [0, 0.05) is 23.6 Å². The minimum Gasteiger partial charge on any atom is -0.358 e. The van der Waals surface area contributed by atoms with Gasteiger partial charge in [0.05, 0.1) is 11.8 Å². The molecule has 4 heteroatoms. The van der Waals surface area contributed by atoms with E-state index in [0.717, 1.165) is 35.0 Å². The molecule has 0 saturated carbocycles. The second-order valence-electron chi connectivity index (χ2n) is 5.42. The lowest BCUT2D eigenvalue weighted by Crippen LogP contribution is -2.25. The first-order chi connectivity index (χ1) is 9.18. The molecule has 2 amide bonds. The van der Waals surface area contributed by atoms with Crippen LogP contribution in [0.5, 0.6) is 0 Å². The summed E-state index contributed by atoms with van der Waals surface area (Å²) in [6.07, 6.45) is 1.61. The summed E-state index contributed by atoms with van der Waals surface area (Å²) in [6.45, 7) is 0. The van der Waals surface area contributed by atoms with E-state index in [2.05, 4.69) is 4.98 Å². The van der Waals surface area contributed by atoms with Gasteiger partial charge in [0.15, 0.2) is 0 Å². The van der Waals surface area contributed by atoms with E-state index in [1.807, 2.05) is 24.3 Å². The number of carbonyl (C=O) groups is 2. The molecular formula is C15H14N2O2. The normalized spacial score (nSPS) is 25.8. The molecule has 0 radical (unpaired) electrons. The van der Waals surface area contributed by atoms with Crippen LogP contribution >= 0.6 is 0 Å². The van der Waals surface area contributed by atoms with Crippen molar-refractivity contribution in [3.05, 3.63) is 35.5 Å². The molecule has 1 saturated heterocycles. The maximum atomic E-state index is 12.3. The third-order valence-corrected chi connectivity index (χ3v) is 4.49. The summed E-state index contributed by atoms with van der Waals surface area (Å²) < 4.78 is 0. The molecule has 1 aromatic heterocycles. The molecule has 2 aromatic rings. The summed E-state index contributed by atoms with van der Waals surface area (Å²) in [4.78, 5) is 29.2. The van der Waals surface area contributed by atoms with Crippen LogP contribution in [0.25, 0.3) is 10.9 Å². The van der Waals surface area contributed by atoms with Gasteiger partial charge in [-0.2, -0.15) is 0 Å². The van der Waals surface area contributed by atoms with Crippen molar-refractivity contribution in [3.63, 3.8) is 0 Å². The average Bonchev–Trinajstić information content (AvgIpc) is 2.91. The SMILES string of the molecule is CN1C(=O)[C@H]2CCc3[nH]c4ccccc4c3[C@H]2C1=O. The Balaban J connectivity index is 1.99. The fraction of sp³-hybridized carbons (Fsp3) is 0.333. The number of imide groups is 1. The van der Waals surface area contributed by atoms with E-state index in [0.29, 0.717) is 0 Å². The molecule has 4 rings (SSSR count). The molecular weight excluding hydrogens is 240 g/mol. The predicted molar refractivity (Wildman–Crippen MR) is 70.6 cm³/mol. The highest BCUT2D eigenvalue weighted by molar-refractivity contribution is 6.09. The van der Waals surface area contributed by atoms with Crippen molar-refractivity contribution < 1.29 is 9.59 Å². The summed E-state index contributed by atoms with van der Waals surface area (Å²) in [5, 5.41) is 1.09. The Morgan fingerprint density at radius 2 is 2.00 bits per heavy atom. The molecule has 1 aromatic carbocycles. The highest BCUT2D eigenvalue weighted by Gasteiger charge is 2.49. The molecule has 1 N–H and O–H groups in total. The number of benzene rings is 1. The molecule has 4 nitrogen and oxygen atoms in total.